The molecule has 0 aliphatic rings. The first kappa shape index (κ1) is 47.1. The number of aromatic nitrogens is 6. The van der Waals surface area contributed by atoms with Crippen LogP contribution in [0, 0.1) is 6.92 Å². The molecule has 0 aliphatic carbocycles. The minimum absolute atomic E-state index is 0.994. The summed E-state index contributed by atoms with van der Waals surface area (Å²) in [6.45, 7) is 26.1. The van der Waals surface area contributed by atoms with E-state index in [2.05, 4.69) is 65.4 Å². The second kappa shape index (κ2) is 27.7. The summed E-state index contributed by atoms with van der Waals surface area (Å²) in [5, 5.41) is 9.61. The highest BCUT2D eigenvalue weighted by Crippen LogP contribution is 2.36. The van der Waals surface area contributed by atoms with Gasteiger partial charge in [0.05, 0.1) is 11.0 Å². The normalized spacial score (nSPS) is 9.18. The molecule has 55 heavy (non-hydrogen) atoms. The Balaban J connectivity index is 0.000000434. The Morgan fingerprint density at radius 1 is 0.364 bits per heavy atom. The molecule has 2 aromatic carbocycles. The first-order valence-electron chi connectivity index (χ1n) is 20.2. The van der Waals surface area contributed by atoms with Gasteiger partial charge in [0.1, 0.15) is 11.4 Å². The van der Waals surface area contributed by atoms with Crippen LogP contribution in [-0.4, -0.2) is 29.2 Å². The molecule has 0 saturated carbocycles. The smallest absolute Gasteiger partial charge is 0.101 e. The Hall–Kier alpha value is -5.88. The van der Waals surface area contributed by atoms with Crippen LogP contribution in [-0.2, 0) is 0 Å². The highest BCUT2D eigenvalue weighted by atomic mass is 15.2. The fourth-order valence-corrected chi connectivity index (χ4v) is 5.40. The van der Waals surface area contributed by atoms with Crippen LogP contribution in [0.1, 0.15) is 88.8 Å². The average Bonchev–Trinajstić information content (AvgIpc) is 3.90. The first-order chi connectivity index (χ1) is 27.3. The van der Waals surface area contributed by atoms with E-state index in [4.69, 9.17) is 10.2 Å². The Labute approximate surface area is 332 Å². The summed E-state index contributed by atoms with van der Waals surface area (Å²) in [6, 6.07) is 41.1. The Kier molecular flexibility index (Phi) is 23.7. The Morgan fingerprint density at radius 2 is 0.764 bits per heavy atom. The molecular formula is C49H64N6. The van der Waals surface area contributed by atoms with Gasteiger partial charge in [-0.1, -0.05) is 156 Å². The molecule has 6 aromatic heterocycles. The summed E-state index contributed by atoms with van der Waals surface area (Å²) in [5.41, 5.74) is 12.1. The zero-order valence-electron chi connectivity index (χ0n) is 35.6. The largest absolute Gasteiger partial charge is 0.265 e. The predicted molar refractivity (Wildman–Crippen MR) is 241 cm³/mol. The molecular weight excluding hydrogens is 673 g/mol. The van der Waals surface area contributed by atoms with Crippen LogP contribution in [0.3, 0.4) is 0 Å². The van der Waals surface area contributed by atoms with Crippen molar-refractivity contribution in [1.82, 2.24) is 29.2 Å². The fraction of sp³-hybridized carbons (Fsp3) is 0.265. The van der Waals surface area contributed by atoms with Gasteiger partial charge < -0.3 is 0 Å². The van der Waals surface area contributed by atoms with Crippen LogP contribution in [0.5, 0.6) is 0 Å². The van der Waals surface area contributed by atoms with Crippen molar-refractivity contribution in [3.63, 3.8) is 0 Å². The fourth-order valence-electron chi connectivity index (χ4n) is 5.40. The molecule has 0 aliphatic heterocycles. The molecule has 8 aromatic rings. The minimum Gasteiger partial charge on any atom is -0.265 e. The molecule has 0 saturated heterocycles. The minimum atomic E-state index is 0.994. The topological polar surface area (TPSA) is 60.4 Å². The van der Waals surface area contributed by atoms with Crippen molar-refractivity contribution in [1.29, 1.82) is 0 Å². The molecule has 0 N–H and O–H groups in total. The lowest BCUT2D eigenvalue weighted by Gasteiger charge is -2.03. The quantitative estimate of drug-likeness (QED) is 0.180. The number of hydrogen-bond donors (Lipinski definition) is 0. The molecule has 6 heterocycles. The number of benzene rings is 2. The number of nitrogens with zero attached hydrogens (tertiary/aromatic N) is 6. The van der Waals surface area contributed by atoms with E-state index in [1.54, 1.807) is 0 Å². The van der Waals surface area contributed by atoms with Gasteiger partial charge in [-0.2, -0.15) is 10.2 Å². The van der Waals surface area contributed by atoms with Crippen molar-refractivity contribution in [2.24, 2.45) is 0 Å². The molecule has 0 amide bonds. The zero-order valence-corrected chi connectivity index (χ0v) is 35.6. The highest BCUT2D eigenvalue weighted by molar-refractivity contribution is 5.93. The molecule has 6 heteroatoms. The zero-order chi connectivity index (χ0) is 41.0. The molecule has 8 rings (SSSR count). The van der Waals surface area contributed by atoms with Crippen molar-refractivity contribution in [3.8, 4) is 44.8 Å². The van der Waals surface area contributed by atoms with Crippen molar-refractivity contribution < 1.29 is 0 Å². The first-order valence-corrected chi connectivity index (χ1v) is 20.2. The maximum Gasteiger partial charge on any atom is 0.101 e. The van der Waals surface area contributed by atoms with E-state index >= 15 is 0 Å². The molecule has 0 spiro atoms. The van der Waals surface area contributed by atoms with Crippen molar-refractivity contribution in [2.75, 3.05) is 0 Å². The second-order valence-corrected chi connectivity index (χ2v) is 10.1. The van der Waals surface area contributed by atoms with E-state index in [-0.39, 0.29) is 0 Å². The van der Waals surface area contributed by atoms with E-state index < -0.39 is 0 Å². The number of fused-ring (bicyclic) bond motifs is 2. The Bertz CT molecular complexity index is 2120. The summed E-state index contributed by atoms with van der Waals surface area (Å²) in [7, 11) is 0. The number of rotatable bonds is 4. The maximum absolute atomic E-state index is 4.86. The molecule has 0 fully saturated rings. The van der Waals surface area contributed by atoms with Crippen LogP contribution < -0.4 is 0 Å². The third-order valence-corrected chi connectivity index (χ3v) is 7.42. The molecule has 6 nitrogen and oxygen atoms in total. The summed E-state index contributed by atoms with van der Waals surface area (Å²) in [5.74, 6) is 0. The maximum atomic E-state index is 4.86. The van der Waals surface area contributed by atoms with E-state index in [9.17, 15) is 0 Å². The van der Waals surface area contributed by atoms with Crippen molar-refractivity contribution in [3.05, 3.63) is 158 Å². The third-order valence-electron chi connectivity index (χ3n) is 7.42. The van der Waals surface area contributed by atoms with Gasteiger partial charge in [-0.3, -0.25) is 9.97 Å². The van der Waals surface area contributed by atoms with Gasteiger partial charge in [0, 0.05) is 58.9 Å². The monoisotopic (exact) mass is 737 g/mol. The molecule has 0 atom stereocenters. The highest BCUT2D eigenvalue weighted by Gasteiger charge is 2.17. The SMILES string of the molecule is CC.CC.CC.CC.CC.CC.Cc1cccc2c(-c3ccncc3)c(-c3ccccc3)nn12.c1ccc(-c2nn3ccccc3c2-c2ccncc2)cc1. The lowest BCUT2D eigenvalue weighted by molar-refractivity contribution is 0.918. The molecule has 0 unspecified atom stereocenters. The van der Waals surface area contributed by atoms with Gasteiger partial charge in [-0.15, -0.1) is 0 Å². The summed E-state index contributed by atoms with van der Waals surface area (Å²) in [6.07, 6.45) is 9.26. The van der Waals surface area contributed by atoms with Gasteiger partial charge in [-0.05, 0) is 66.6 Å². The van der Waals surface area contributed by atoms with Gasteiger partial charge in [0.25, 0.3) is 0 Å². The lowest BCUT2D eigenvalue weighted by atomic mass is 10.0. The number of aryl methyl sites for hydroxylation is 1. The summed E-state index contributed by atoms with van der Waals surface area (Å²) in [4.78, 5) is 8.24. The van der Waals surface area contributed by atoms with Gasteiger partial charge in [-0.25, -0.2) is 9.03 Å². The van der Waals surface area contributed by atoms with E-state index in [1.165, 1.54) is 0 Å². The van der Waals surface area contributed by atoms with Crippen LogP contribution in [0.25, 0.3) is 55.8 Å². The predicted octanol–water partition coefficient (Wildman–Crippen LogP) is 14.6. The van der Waals surface area contributed by atoms with Crippen molar-refractivity contribution >= 4 is 11.0 Å². The van der Waals surface area contributed by atoms with Gasteiger partial charge >= 0.3 is 0 Å². The molecule has 0 radical (unpaired) electrons. The standard InChI is InChI=1S/C19H15N3.C18H13N3.6C2H6/c1-14-6-5-9-17-18(15-10-12-20-13-11-15)19(21-22(14)17)16-7-3-2-4-8-16;1-2-6-15(7-3-1)18-17(14-9-11-19-12-10-14)16-8-4-5-13-21(16)20-18;6*1-2/h2-13H,1H3;1-13H;6*1-2H3. The number of hydrogen-bond acceptors (Lipinski definition) is 4. The molecule has 290 valence electrons. The second-order valence-electron chi connectivity index (χ2n) is 10.1. The third kappa shape index (κ3) is 12.3. The lowest BCUT2D eigenvalue weighted by Crippen LogP contribution is -1.91. The van der Waals surface area contributed by atoms with E-state index in [0.29, 0.717) is 0 Å². The van der Waals surface area contributed by atoms with Gasteiger partial charge in [0.2, 0.25) is 0 Å². The van der Waals surface area contributed by atoms with Crippen LogP contribution in [0.2, 0.25) is 0 Å². The van der Waals surface area contributed by atoms with Crippen LogP contribution in [0.15, 0.2) is 152 Å². The summed E-state index contributed by atoms with van der Waals surface area (Å²) >= 11 is 0. The molecule has 0 bridgehead atoms. The van der Waals surface area contributed by atoms with Gasteiger partial charge in [0.15, 0.2) is 0 Å². The van der Waals surface area contributed by atoms with Crippen LogP contribution in [0.4, 0.5) is 0 Å². The van der Waals surface area contributed by atoms with E-state index in [1.807, 2.05) is 196 Å². The van der Waals surface area contributed by atoms with E-state index in [0.717, 1.165) is 61.5 Å². The number of pyridine rings is 4. The van der Waals surface area contributed by atoms with Crippen LogP contribution >= 0.6 is 0 Å². The average molecular weight is 737 g/mol. The van der Waals surface area contributed by atoms with Crippen molar-refractivity contribution in [2.45, 2.75) is 90.0 Å². The summed E-state index contributed by atoms with van der Waals surface area (Å²) < 4.78 is 3.94. The Morgan fingerprint density at radius 3 is 1.24 bits per heavy atom.